The molecule has 0 radical (unpaired) electrons. The highest BCUT2D eigenvalue weighted by Crippen LogP contribution is 2.42. The average molecular weight is 332 g/mol. The van der Waals surface area contributed by atoms with E-state index in [2.05, 4.69) is 28.1 Å². The minimum atomic E-state index is 0.223. The van der Waals surface area contributed by atoms with Crippen LogP contribution in [0.2, 0.25) is 0 Å². The van der Waals surface area contributed by atoms with E-state index in [1.165, 1.54) is 31.4 Å². The summed E-state index contributed by atoms with van der Waals surface area (Å²) in [6.45, 7) is 0. The monoisotopic (exact) mass is 331 g/mol. The van der Waals surface area contributed by atoms with Gasteiger partial charge in [0.25, 0.3) is 5.91 Å². The summed E-state index contributed by atoms with van der Waals surface area (Å²) >= 11 is 3.96. The summed E-state index contributed by atoms with van der Waals surface area (Å²) in [6, 6.07) is 8.50. The van der Waals surface area contributed by atoms with E-state index in [4.69, 9.17) is 0 Å². The Morgan fingerprint density at radius 1 is 1.00 bits per heavy atom. The van der Waals surface area contributed by atoms with Crippen molar-refractivity contribution >= 4 is 35.1 Å². The van der Waals surface area contributed by atoms with Crippen LogP contribution in [0.15, 0.2) is 29.7 Å². The minimum absolute atomic E-state index is 0.223. The summed E-state index contributed by atoms with van der Waals surface area (Å²) in [4.78, 5) is 15.2. The minimum Gasteiger partial charge on any atom is -0.303 e. The predicted molar refractivity (Wildman–Crippen MR) is 96.2 cm³/mol. The number of thioether (sulfide) groups is 2. The lowest BCUT2D eigenvalue weighted by atomic mass is 9.93. The van der Waals surface area contributed by atoms with E-state index in [-0.39, 0.29) is 5.91 Å². The summed E-state index contributed by atoms with van der Waals surface area (Å²) in [5, 5.41) is 2.85. The second-order valence-electron chi connectivity index (χ2n) is 6.21. The van der Waals surface area contributed by atoms with Gasteiger partial charge in [-0.2, -0.15) is 11.8 Å². The van der Waals surface area contributed by atoms with Crippen molar-refractivity contribution in [2.45, 2.75) is 43.4 Å². The maximum atomic E-state index is 13.0. The Morgan fingerprint density at radius 3 is 2.73 bits per heavy atom. The lowest BCUT2D eigenvalue weighted by Gasteiger charge is -2.38. The molecule has 2 nitrogen and oxygen atoms in total. The molecular weight excluding hydrogens is 310 g/mol. The molecule has 1 aromatic rings. The lowest BCUT2D eigenvalue weighted by Crippen LogP contribution is -2.44. The van der Waals surface area contributed by atoms with Gasteiger partial charge in [0.05, 0.1) is 5.70 Å². The topological polar surface area (TPSA) is 20.3 Å². The maximum Gasteiger partial charge on any atom is 0.259 e. The smallest absolute Gasteiger partial charge is 0.259 e. The predicted octanol–water partition coefficient (Wildman–Crippen LogP) is 4.62. The molecule has 0 N–H and O–H groups in total. The Hall–Kier alpha value is -0.870. The van der Waals surface area contributed by atoms with Crippen LogP contribution < -0.4 is 0 Å². The zero-order valence-corrected chi connectivity index (χ0v) is 14.3. The van der Waals surface area contributed by atoms with Crippen LogP contribution in [0.5, 0.6) is 0 Å². The quantitative estimate of drug-likeness (QED) is 0.692. The van der Waals surface area contributed by atoms with Crippen LogP contribution in [0.25, 0.3) is 5.70 Å². The standard InChI is InChI=1S/C18H21NOS2/c20-18-14-7-2-1-6-13(14)16-12-21-10-5-11-22-17-9-4-3-8-15(17)19(16)18/h1-2,6-7,12,15,17H,3-5,8-11H2/b16-12-/t15-,17?/m1/s1. The third-order valence-electron chi connectivity index (χ3n) is 4.84. The molecule has 2 heterocycles. The molecule has 1 saturated carbocycles. The van der Waals surface area contributed by atoms with Gasteiger partial charge in [-0.3, -0.25) is 4.79 Å². The van der Waals surface area contributed by atoms with E-state index in [9.17, 15) is 4.79 Å². The second-order valence-corrected chi connectivity index (χ2v) is 8.53. The van der Waals surface area contributed by atoms with Crippen molar-refractivity contribution in [1.29, 1.82) is 0 Å². The first-order valence-corrected chi connectivity index (χ1v) is 10.3. The normalized spacial score (nSPS) is 30.8. The number of carbonyl (C=O) groups is 1. The molecule has 4 rings (SSSR count). The van der Waals surface area contributed by atoms with Gasteiger partial charge in [0.2, 0.25) is 0 Å². The molecule has 3 aliphatic rings. The van der Waals surface area contributed by atoms with Gasteiger partial charge in [0.15, 0.2) is 0 Å². The fraction of sp³-hybridized carbons (Fsp3) is 0.500. The SMILES string of the molecule is O=C1c2ccccc2/C2=C/SCCCSC3CCCC[C@H]3N12. The number of rotatable bonds is 0. The Kier molecular flexibility index (Phi) is 4.23. The van der Waals surface area contributed by atoms with Crippen LogP contribution in [0, 0.1) is 0 Å². The fourth-order valence-corrected chi connectivity index (χ4v) is 6.23. The molecule has 1 aromatic carbocycles. The third kappa shape index (κ3) is 2.50. The van der Waals surface area contributed by atoms with Gasteiger partial charge in [0.1, 0.15) is 0 Å². The molecule has 0 aromatic heterocycles. The van der Waals surface area contributed by atoms with Crippen molar-refractivity contribution in [2.75, 3.05) is 11.5 Å². The molecule has 0 spiro atoms. The van der Waals surface area contributed by atoms with Crippen LogP contribution >= 0.6 is 23.5 Å². The Labute approximate surface area is 140 Å². The van der Waals surface area contributed by atoms with Crippen LogP contribution in [0.4, 0.5) is 0 Å². The molecule has 0 saturated heterocycles. The third-order valence-corrected chi connectivity index (χ3v) is 7.26. The van der Waals surface area contributed by atoms with Crippen molar-refractivity contribution < 1.29 is 4.79 Å². The molecule has 1 aliphatic carbocycles. The summed E-state index contributed by atoms with van der Waals surface area (Å²) in [6.07, 6.45) is 6.24. The van der Waals surface area contributed by atoms with Gasteiger partial charge >= 0.3 is 0 Å². The molecule has 116 valence electrons. The second kappa shape index (κ2) is 6.32. The molecule has 1 amide bonds. The van der Waals surface area contributed by atoms with E-state index < -0.39 is 0 Å². The van der Waals surface area contributed by atoms with Crippen molar-refractivity contribution in [3.8, 4) is 0 Å². The summed E-state index contributed by atoms with van der Waals surface area (Å²) in [5.41, 5.74) is 3.18. The van der Waals surface area contributed by atoms with Gasteiger partial charge in [-0.15, -0.1) is 11.8 Å². The lowest BCUT2D eigenvalue weighted by molar-refractivity contribution is 0.0782. The van der Waals surface area contributed by atoms with Crippen LogP contribution in [0.3, 0.4) is 0 Å². The van der Waals surface area contributed by atoms with Crippen LogP contribution in [-0.2, 0) is 0 Å². The van der Waals surface area contributed by atoms with Crippen molar-refractivity contribution in [2.24, 2.45) is 0 Å². The molecule has 4 heteroatoms. The number of carbonyl (C=O) groups excluding carboxylic acids is 1. The number of nitrogens with zero attached hydrogens (tertiary/aromatic N) is 1. The average Bonchev–Trinajstić information content (AvgIpc) is 2.85. The number of hydrogen-bond donors (Lipinski definition) is 0. The maximum absolute atomic E-state index is 13.0. The van der Waals surface area contributed by atoms with E-state index >= 15 is 0 Å². The first-order valence-electron chi connectivity index (χ1n) is 8.22. The molecule has 2 atom stereocenters. The van der Waals surface area contributed by atoms with Crippen molar-refractivity contribution in [1.82, 2.24) is 4.90 Å². The summed E-state index contributed by atoms with van der Waals surface area (Å²) in [5.74, 6) is 2.60. The molecule has 1 unspecified atom stereocenters. The van der Waals surface area contributed by atoms with Gasteiger partial charge in [-0.05, 0) is 42.2 Å². The Bertz CT molecular complexity index is 613. The molecule has 2 aliphatic heterocycles. The molecule has 1 fully saturated rings. The fourth-order valence-electron chi connectivity index (χ4n) is 3.79. The van der Waals surface area contributed by atoms with E-state index in [0.717, 1.165) is 29.0 Å². The van der Waals surface area contributed by atoms with E-state index in [1.807, 2.05) is 30.0 Å². The Balaban J connectivity index is 1.78. The summed E-state index contributed by atoms with van der Waals surface area (Å²) < 4.78 is 0. The van der Waals surface area contributed by atoms with E-state index in [0.29, 0.717) is 11.3 Å². The zero-order valence-electron chi connectivity index (χ0n) is 12.7. The van der Waals surface area contributed by atoms with Gasteiger partial charge in [-0.25, -0.2) is 0 Å². The van der Waals surface area contributed by atoms with Crippen molar-refractivity contribution in [3.63, 3.8) is 0 Å². The van der Waals surface area contributed by atoms with Crippen molar-refractivity contribution in [3.05, 3.63) is 40.8 Å². The Morgan fingerprint density at radius 2 is 1.82 bits per heavy atom. The highest BCUT2D eigenvalue weighted by molar-refractivity contribution is 8.02. The number of benzene rings is 1. The largest absolute Gasteiger partial charge is 0.303 e. The number of hydrogen-bond acceptors (Lipinski definition) is 3. The van der Waals surface area contributed by atoms with Gasteiger partial charge in [0, 0.05) is 22.4 Å². The van der Waals surface area contributed by atoms with E-state index in [1.54, 1.807) is 0 Å². The highest BCUT2D eigenvalue weighted by Gasteiger charge is 2.41. The highest BCUT2D eigenvalue weighted by atomic mass is 32.2. The number of fused-ring (bicyclic) bond motifs is 5. The zero-order chi connectivity index (χ0) is 14.9. The molecule has 0 bridgehead atoms. The molecular formula is C18H21NOS2. The van der Waals surface area contributed by atoms with Gasteiger partial charge in [-0.1, -0.05) is 31.0 Å². The first-order chi connectivity index (χ1) is 10.9. The molecule has 22 heavy (non-hydrogen) atoms. The van der Waals surface area contributed by atoms with Crippen LogP contribution in [0.1, 0.15) is 48.0 Å². The van der Waals surface area contributed by atoms with Crippen LogP contribution in [-0.4, -0.2) is 33.6 Å². The number of amides is 1. The van der Waals surface area contributed by atoms with Gasteiger partial charge < -0.3 is 4.90 Å². The first kappa shape index (κ1) is 14.7. The summed E-state index contributed by atoms with van der Waals surface area (Å²) in [7, 11) is 0.